The highest BCUT2D eigenvalue weighted by atomic mass is 16.2. The number of hydrogen-bond acceptors (Lipinski definition) is 6. The molecular weight excluding hydrogens is 516 g/mol. The van der Waals surface area contributed by atoms with E-state index in [1.807, 2.05) is 24.3 Å². The zero-order valence-electron chi connectivity index (χ0n) is 23.5. The molecule has 2 N–H and O–H groups in total. The molecule has 2 saturated heterocycles. The molecule has 3 aliphatic heterocycles. The van der Waals surface area contributed by atoms with E-state index in [1.165, 1.54) is 25.7 Å². The number of benzene rings is 2. The number of carbonyl (C=O) groups excluding carboxylic acids is 2. The summed E-state index contributed by atoms with van der Waals surface area (Å²) in [5, 5.41) is 6.52. The van der Waals surface area contributed by atoms with Crippen molar-refractivity contribution < 1.29 is 9.59 Å². The van der Waals surface area contributed by atoms with Crippen molar-refractivity contribution in [3.8, 4) is 0 Å². The monoisotopic (exact) mass is 554 g/mol. The minimum Gasteiger partial charge on any atom is -0.326 e. The summed E-state index contributed by atoms with van der Waals surface area (Å²) in [5.74, 6) is 0.672. The average Bonchev–Trinajstić information content (AvgIpc) is 3.75. The molecule has 0 saturated carbocycles. The largest absolute Gasteiger partial charge is 0.326 e. The van der Waals surface area contributed by atoms with Crippen LogP contribution in [-0.2, 0) is 16.1 Å². The van der Waals surface area contributed by atoms with Gasteiger partial charge in [0.05, 0.1) is 10.9 Å². The van der Waals surface area contributed by atoms with Gasteiger partial charge in [-0.05, 0) is 106 Å². The van der Waals surface area contributed by atoms with Crippen molar-refractivity contribution >= 4 is 45.7 Å². The smallest absolute Gasteiger partial charge is 0.261 e. The van der Waals surface area contributed by atoms with Crippen LogP contribution in [0.2, 0.25) is 0 Å². The summed E-state index contributed by atoms with van der Waals surface area (Å²) in [6.07, 6.45) is 8.58. The molecule has 0 aliphatic carbocycles. The van der Waals surface area contributed by atoms with Crippen molar-refractivity contribution in [3.05, 3.63) is 64.2 Å². The highest BCUT2D eigenvalue weighted by molar-refractivity contribution is 5.94. The molecule has 0 spiro atoms. The van der Waals surface area contributed by atoms with Crippen LogP contribution in [0.25, 0.3) is 22.6 Å². The third-order valence-corrected chi connectivity index (χ3v) is 8.37. The predicted octanol–water partition coefficient (Wildman–Crippen LogP) is 4.19. The zero-order valence-corrected chi connectivity index (χ0v) is 23.5. The topological polar surface area (TPSA) is 99.6 Å². The van der Waals surface area contributed by atoms with Gasteiger partial charge in [-0.3, -0.25) is 19.0 Å². The molecule has 2 fully saturated rings. The number of carbonyl (C=O) groups is 2. The van der Waals surface area contributed by atoms with Crippen LogP contribution in [0.5, 0.6) is 0 Å². The Morgan fingerprint density at radius 1 is 0.780 bits per heavy atom. The molecule has 1 aromatic heterocycles. The molecule has 9 nitrogen and oxygen atoms in total. The van der Waals surface area contributed by atoms with Gasteiger partial charge in [0, 0.05) is 43.9 Å². The molecule has 3 aliphatic rings. The number of rotatable bonds is 9. The highest BCUT2D eigenvalue weighted by Crippen LogP contribution is 2.28. The first-order chi connectivity index (χ1) is 20.0. The predicted molar refractivity (Wildman–Crippen MR) is 163 cm³/mol. The average molecular weight is 555 g/mol. The van der Waals surface area contributed by atoms with Crippen molar-refractivity contribution in [1.29, 1.82) is 0 Å². The zero-order chi connectivity index (χ0) is 28.2. The molecule has 6 rings (SSSR count). The van der Waals surface area contributed by atoms with Gasteiger partial charge >= 0.3 is 0 Å². The van der Waals surface area contributed by atoms with Gasteiger partial charge in [0.2, 0.25) is 11.8 Å². The van der Waals surface area contributed by atoms with E-state index >= 15 is 0 Å². The maximum absolute atomic E-state index is 13.2. The van der Waals surface area contributed by atoms with Crippen LogP contribution in [0.3, 0.4) is 0 Å². The summed E-state index contributed by atoms with van der Waals surface area (Å²) >= 11 is 0. The summed E-state index contributed by atoms with van der Waals surface area (Å²) in [5.41, 5.74) is 3.93. The van der Waals surface area contributed by atoms with Crippen LogP contribution in [0, 0.1) is 0 Å². The number of nitrogens with one attached hydrogen (secondary N) is 2. The van der Waals surface area contributed by atoms with Crippen LogP contribution in [0.15, 0.2) is 47.3 Å². The molecule has 3 aromatic rings. The van der Waals surface area contributed by atoms with E-state index in [2.05, 4.69) is 26.5 Å². The second-order valence-electron chi connectivity index (χ2n) is 11.4. The van der Waals surface area contributed by atoms with Crippen molar-refractivity contribution in [3.63, 3.8) is 0 Å². The molecule has 9 heteroatoms. The quantitative estimate of drug-likeness (QED) is 0.412. The number of allylic oxidation sites excluding steroid dienone is 1. The molecule has 2 amide bonds. The maximum atomic E-state index is 13.2. The normalized spacial score (nSPS) is 18.3. The molecule has 214 valence electrons. The fraction of sp³-hybridized carbons (Fsp3) is 0.438. The second kappa shape index (κ2) is 12.4. The number of anilines is 2. The lowest BCUT2D eigenvalue weighted by Gasteiger charge is -2.14. The van der Waals surface area contributed by atoms with Gasteiger partial charge in [-0.2, -0.15) is 0 Å². The van der Waals surface area contributed by atoms with Crippen LogP contribution in [0.1, 0.15) is 56.3 Å². The first-order valence-corrected chi connectivity index (χ1v) is 14.9. The third-order valence-electron chi connectivity index (χ3n) is 8.37. The highest BCUT2D eigenvalue weighted by Gasteiger charge is 2.21. The lowest BCUT2D eigenvalue weighted by molar-refractivity contribution is -0.117. The summed E-state index contributed by atoms with van der Waals surface area (Å²) in [7, 11) is 0. The SMILES string of the molecule is O=C(CCN1CCCC1)Nc1ccc(/C=C2\CCn3c2nc2cc(NC(=O)CCN4CCCC4)ccc2c3=O)cc1. The lowest BCUT2D eigenvalue weighted by atomic mass is 10.1. The van der Waals surface area contributed by atoms with Crippen LogP contribution in [0.4, 0.5) is 11.4 Å². The number of amides is 2. The number of nitrogens with zero attached hydrogens (tertiary/aromatic N) is 4. The Morgan fingerprint density at radius 3 is 2.00 bits per heavy atom. The first-order valence-electron chi connectivity index (χ1n) is 14.9. The van der Waals surface area contributed by atoms with Gasteiger partial charge in [0.1, 0.15) is 5.82 Å². The maximum Gasteiger partial charge on any atom is 0.261 e. The van der Waals surface area contributed by atoms with Gasteiger partial charge in [0.25, 0.3) is 5.56 Å². The fourth-order valence-corrected chi connectivity index (χ4v) is 6.07. The van der Waals surface area contributed by atoms with Gasteiger partial charge in [-0.1, -0.05) is 12.1 Å². The minimum atomic E-state index is -0.0627. The van der Waals surface area contributed by atoms with Gasteiger partial charge in [0.15, 0.2) is 0 Å². The minimum absolute atomic E-state index is 0.0269. The van der Waals surface area contributed by atoms with E-state index < -0.39 is 0 Å². The van der Waals surface area contributed by atoms with Crippen LogP contribution >= 0.6 is 0 Å². The Bertz CT molecular complexity index is 1510. The van der Waals surface area contributed by atoms with Crippen molar-refractivity contribution in [1.82, 2.24) is 19.4 Å². The fourth-order valence-electron chi connectivity index (χ4n) is 6.07. The molecule has 4 heterocycles. The number of fused-ring (bicyclic) bond motifs is 2. The molecule has 0 radical (unpaired) electrons. The van der Waals surface area contributed by atoms with Crippen LogP contribution in [-0.4, -0.2) is 70.4 Å². The van der Waals surface area contributed by atoms with Gasteiger partial charge in [-0.25, -0.2) is 4.98 Å². The Balaban J connectivity index is 1.12. The van der Waals surface area contributed by atoms with Crippen LogP contribution < -0.4 is 16.2 Å². The Morgan fingerprint density at radius 2 is 1.37 bits per heavy atom. The van der Waals surface area contributed by atoms with E-state index in [0.717, 1.165) is 56.1 Å². The Labute approximate surface area is 240 Å². The molecule has 2 aromatic carbocycles. The standard InChI is InChI=1S/C32H38N6O3/c39-29(12-18-36-14-1-2-15-36)33-25-7-5-23(6-8-25)21-24-11-20-38-31(24)35-28-22-26(9-10-27(28)32(38)41)34-30(40)13-19-37-16-3-4-17-37/h5-10,21-22H,1-4,11-20H2,(H,33,39)(H,34,40)/b24-21+. The molecule has 0 unspecified atom stereocenters. The number of hydrogen-bond donors (Lipinski definition) is 2. The Hall–Kier alpha value is -3.82. The molecule has 0 bridgehead atoms. The molecule has 41 heavy (non-hydrogen) atoms. The summed E-state index contributed by atoms with van der Waals surface area (Å²) in [6, 6.07) is 13.1. The summed E-state index contributed by atoms with van der Waals surface area (Å²) in [6.45, 7) is 6.48. The van der Waals surface area contributed by atoms with E-state index in [4.69, 9.17) is 4.98 Å². The lowest BCUT2D eigenvalue weighted by Crippen LogP contribution is -2.25. The van der Waals surface area contributed by atoms with E-state index in [9.17, 15) is 14.4 Å². The summed E-state index contributed by atoms with van der Waals surface area (Å²) in [4.78, 5) is 47.6. The van der Waals surface area contributed by atoms with Crippen molar-refractivity contribution in [2.75, 3.05) is 49.9 Å². The van der Waals surface area contributed by atoms with Gasteiger partial charge in [-0.15, -0.1) is 0 Å². The molecule has 0 atom stereocenters. The van der Waals surface area contributed by atoms with Crippen molar-refractivity contribution in [2.45, 2.75) is 51.5 Å². The number of likely N-dealkylation sites (tertiary alicyclic amines) is 2. The third kappa shape index (κ3) is 6.57. The molecular formula is C32H38N6O3. The van der Waals surface area contributed by atoms with E-state index in [1.54, 1.807) is 22.8 Å². The second-order valence-corrected chi connectivity index (χ2v) is 11.4. The summed E-state index contributed by atoms with van der Waals surface area (Å²) < 4.78 is 1.73. The van der Waals surface area contributed by atoms with E-state index in [0.29, 0.717) is 48.2 Å². The Kier molecular flexibility index (Phi) is 8.25. The number of aromatic nitrogens is 2. The van der Waals surface area contributed by atoms with Gasteiger partial charge < -0.3 is 20.4 Å². The van der Waals surface area contributed by atoms with E-state index in [-0.39, 0.29) is 17.4 Å². The van der Waals surface area contributed by atoms with Crippen molar-refractivity contribution in [2.24, 2.45) is 0 Å². The first kappa shape index (κ1) is 27.4.